The SMILES string of the molecule is CC/C=C\C/C=C\C/C=C\C/C=C\CCCCCCCCCCCCC(=O)OCC(COC(=O)CCCCCCCCCCCCCCCCCCCC)OC(=O)CCCCCCCCC/C=C\C/C=C\CCCCCC. The smallest absolute Gasteiger partial charge is 0.306 e. The third-order valence-electron chi connectivity index (χ3n) is 14.7. The molecule has 446 valence electrons. The van der Waals surface area contributed by atoms with Gasteiger partial charge in [-0.3, -0.25) is 14.4 Å². The van der Waals surface area contributed by atoms with Gasteiger partial charge in [-0.25, -0.2) is 0 Å². The summed E-state index contributed by atoms with van der Waals surface area (Å²) in [5.41, 5.74) is 0. The molecule has 1 atom stereocenters. The molecule has 0 rings (SSSR count). The molecule has 0 bridgehead atoms. The van der Waals surface area contributed by atoms with Crippen LogP contribution >= 0.6 is 0 Å². The summed E-state index contributed by atoms with van der Waals surface area (Å²) >= 11 is 0. The zero-order valence-electron chi connectivity index (χ0n) is 51.2. The summed E-state index contributed by atoms with van der Waals surface area (Å²) in [7, 11) is 0. The molecule has 1 unspecified atom stereocenters. The minimum absolute atomic E-state index is 0.0762. The lowest BCUT2D eigenvalue weighted by Crippen LogP contribution is -2.30. The molecule has 0 aromatic heterocycles. The average Bonchev–Trinajstić information content (AvgIpc) is 3.43. The molecular weight excluding hydrogens is 949 g/mol. The maximum absolute atomic E-state index is 12.9. The van der Waals surface area contributed by atoms with E-state index >= 15 is 0 Å². The molecule has 0 aliphatic rings. The van der Waals surface area contributed by atoms with E-state index in [1.165, 1.54) is 205 Å². The van der Waals surface area contributed by atoms with Gasteiger partial charge >= 0.3 is 17.9 Å². The minimum atomic E-state index is -0.781. The molecule has 0 N–H and O–H groups in total. The van der Waals surface area contributed by atoms with Crippen LogP contribution < -0.4 is 0 Å². The van der Waals surface area contributed by atoms with Gasteiger partial charge in [-0.2, -0.15) is 0 Å². The Morgan fingerprint density at radius 1 is 0.273 bits per heavy atom. The highest BCUT2D eigenvalue weighted by atomic mass is 16.6. The second-order valence-corrected chi connectivity index (χ2v) is 22.4. The van der Waals surface area contributed by atoms with E-state index in [-0.39, 0.29) is 31.1 Å². The monoisotopic (exact) mass is 1070 g/mol. The lowest BCUT2D eigenvalue weighted by molar-refractivity contribution is -0.167. The Labute approximate surface area is 478 Å². The minimum Gasteiger partial charge on any atom is -0.462 e. The van der Waals surface area contributed by atoms with Crippen molar-refractivity contribution in [2.24, 2.45) is 0 Å². The molecule has 0 amide bonds. The molecule has 6 nitrogen and oxygen atoms in total. The van der Waals surface area contributed by atoms with Gasteiger partial charge in [-0.05, 0) is 89.9 Å². The van der Waals surface area contributed by atoms with Crippen molar-refractivity contribution in [3.05, 3.63) is 72.9 Å². The van der Waals surface area contributed by atoms with Gasteiger partial charge in [-0.15, -0.1) is 0 Å². The topological polar surface area (TPSA) is 78.9 Å². The zero-order chi connectivity index (χ0) is 55.7. The maximum Gasteiger partial charge on any atom is 0.306 e. The molecule has 0 aromatic carbocycles. The van der Waals surface area contributed by atoms with E-state index in [4.69, 9.17) is 14.2 Å². The van der Waals surface area contributed by atoms with E-state index < -0.39 is 6.10 Å². The van der Waals surface area contributed by atoms with E-state index in [1.807, 2.05) is 0 Å². The van der Waals surface area contributed by atoms with Crippen LogP contribution in [0, 0.1) is 0 Å². The number of ether oxygens (including phenoxy) is 3. The Morgan fingerprint density at radius 3 is 0.805 bits per heavy atom. The second kappa shape index (κ2) is 65.4. The molecule has 0 saturated heterocycles. The lowest BCUT2D eigenvalue weighted by atomic mass is 10.0. The van der Waals surface area contributed by atoms with Crippen LogP contribution in [-0.4, -0.2) is 37.2 Å². The number of carbonyl (C=O) groups is 3. The number of carbonyl (C=O) groups excluding carboxylic acids is 3. The zero-order valence-corrected chi connectivity index (χ0v) is 51.2. The second-order valence-electron chi connectivity index (χ2n) is 22.4. The number of rotatable bonds is 61. The summed E-state index contributed by atoms with van der Waals surface area (Å²) in [6.45, 7) is 6.56. The van der Waals surface area contributed by atoms with Crippen LogP contribution in [-0.2, 0) is 28.6 Å². The van der Waals surface area contributed by atoms with Crippen molar-refractivity contribution in [3.8, 4) is 0 Å². The highest BCUT2D eigenvalue weighted by Gasteiger charge is 2.19. The van der Waals surface area contributed by atoms with Crippen LogP contribution in [0.1, 0.15) is 342 Å². The first-order chi connectivity index (χ1) is 38.0. The largest absolute Gasteiger partial charge is 0.462 e. The van der Waals surface area contributed by atoms with Gasteiger partial charge in [0.25, 0.3) is 0 Å². The standard InChI is InChI=1S/C71H126O6/c1-4-7-10-13-16-19-22-25-28-31-34-35-36-37-38-41-43-46-49-52-55-58-61-64-70(73)76-67-68(77-71(74)65-62-59-56-53-50-47-44-40-33-30-27-24-21-18-15-12-9-6-3)66-75-69(72)63-60-57-54-51-48-45-42-39-32-29-26-23-20-17-14-11-8-5-2/h7,10,16,19,21,24-25,28,30,33-35,68H,4-6,8-9,11-15,17-18,20,22-23,26-27,29,31-32,36-67H2,1-3H3/b10-7-,19-16-,24-21-,28-25-,33-30-,35-34-. The Morgan fingerprint density at radius 2 is 0.506 bits per heavy atom. The van der Waals surface area contributed by atoms with Crippen LogP contribution in [0.25, 0.3) is 0 Å². The molecule has 0 aliphatic carbocycles. The van der Waals surface area contributed by atoms with E-state index in [0.717, 1.165) is 96.3 Å². The third-order valence-corrected chi connectivity index (χ3v) is 14.7. The fraction of sp³-hybridized carbons (Fsp3) is 0.789. The summed E-state index contributed by atoms with van der Waals surface area (Å²) in [5, 5.41) is 0. The van der Waals surface area contributed by atoms with Gasteiger partial charge in [0, 0.05) is 19.3 Å². The van der Waals surface area contributed by atoms with Crippen molar-refractivity contribution >= 4 is 17.9 Å². The molecule has 0 aliphatic heterocycles. The van der Waals surface area contributed by atoms with E-state index in [1.54, 1.807) is 0 Å². The predicted molar refractivity (Wildman–Crippen MR) is 335 cm³/mol. The summed E-state index contributed by atoms with van der Waals surface area (Å²) in [6.07, 6.45) is 84.8. The summed E-state index contributed by atoms with van der Waals surface area (Å²) in [6, 6.07) is 0. The van der Waals surface area contributed by atoms with Crippen LogP contribution in [0.4, 0.5) is 0 Å². The normalized spacial score (nSPS) is 12.5. The molecule has 0 fully saturated rings. The molecule has 0 radical (unpaired) electrons. The van der Waals surface area contributed by atoms with Crippen molar-refractivity contribution in [1.82, 2.24) is 0 Å². The first-order valence-corrected chi connectivity index (χ1v) is 33.4. The van der Waals surface area contributed by atoms with Gasteiger partial charge in [0.2, 0.25) is 0 Å². The van der Waals surface area contributed by atoms with Crippen LogP contribution in [0.5, 0.6) is 0 Å². The van der Waals surface area contributed by atoms with Gasteiger partial charge < -0.3 is 14.2 Å². The number of allylic oxidation sites excluding steroid dienone is 12. The first kappa shape index (κ1) is 73.8. The number of hydrogen-bond acceptors (Lipinski definition) is 6. The summed E-state index contributed by atoms with van der Waals surface area (Å²) in [5.74, 6) is -0.869. The maximum atomic E-state index is 12.9. The van der Waals surface area contributed by atoms with Crippen LogP contribution in [0.15, 0.2) is 72.9 Å². The lowest BCUT2D eigenvalue weighted by Gasteiger charge is -2.18. The van der Waals surface area contributed by atoms with Crippen molar-refractivity contribution in [1.29, 1.82) is 0 Å². The van der Waals surface area contributed by atoms with E-state index in [9.17, 15) is 14.4 Å². The Kier molecular flexibility index (Phi) is 62.7. The third kappa shape index (κ3) is 63.6. The van der Waals surface area contributed by atoms with E-state index in [2.05, 4.69) is 93.7 Å². The number of hydrogen-bond donors (Lipinski definition) is 0. The van der Waals surface area contributed by atoms with Crippen LogP contribution in [0.2, 0.25) is 0 Å². The molecule has 0 spiro atoms. The summed E-state index contributed by atoms with van der Waals surface area (Å²) < 4.78 is 17.0. The fourth-order valence-corrected chi connectivity index (χ4v) is 9.70. The predicted octanol–water partition coefficient (Wildman–Crippen LogP) is 22.9. The molecule has 0 heterocycles. The van der Waals surface area contributed by atoms with Gasteiger partial charge in [-0.1, -0.05) is 306 Å². The molecule has 0 saturated carbocycles. The quantitative estimate of drug-likeness (QED) is 0.0261. The van der Waals surface area contributed by atoms with Crippen molar-refractivity contribution in [2.45, 2.75) is 348 Å². The van der Waals surface area contributed by atoms with Crippen LogP contribution in [0.3, 0.4) is 0 Å². The highest BCUT2D eigenvalue weighted by Crippen LogP contribution is 2.17. The molecule has 0 aromatic rings. The van der Waals surface area contributed by atoms with Crippen molar-refractivity contribution < 1.29 is 28.6 Å². The molecule has 6 heteroatoms. The van der Waals surface area contributed by atoms with Gasteiger partial charge in [0.15, 0.2) is 6.10 Å². The Hall–Kier alpha value is -3.15. The Balaban J connectivity index is 4.35. The average molecular weight is 1080 g/mol. The molecule has 77 heavy (non-hydrogen) atoms. The van der Waals surface area contributed by atoms with Gasteiger partial charge in [0.1, 0.15) is 13.2 Å². The number of esters is 3. The molecular formula is C71H126O6. The van der Waals surface area contributed by atoms with Crippen molar-refractivity contribution in [2.75, 3.05) is 13.2 Å². The Bertz CT molecular complexity index is 1420. The van der Waals surface area contributed by atoms with E-state index in [0.29, 0.717) is 19.3 Å². The first-order valence-electron chi connectivity index (χ1n) is 33.4. The van der Waals surface area contributed by atoms with Gasteiger partial charge in [0.05, 0.1) is 0 Å². The highest BCUT2D eigenvalue weighted by molar-refractivity contribution is 5.71. The van der Waals surface area contributed by atoms with Crippen molar-refractivity contribution in [3.63, 3.8) is 0 Å². The fourth-order valence-electron chi connectivity index (χ4n) is 9.70. The number of unbranched alkanes of at least 4 members (excludes halogenated alkanes) is 38. The summed E-state index contributed by atoms with van der Waals surface area (Å²) in [4.78, 5) is 38.4.